The molecule has 0 fully saturated rings. The van der Waals surface area contributed by atoms with Crippen molar-refractivity contribution in [2.75, 3.05) is 0 Å². The zero-order valence-corrected chi connectivity index (χ0v) is 10.8. The van der Waals surface area contributed by atoms with E-state index >= 15 is 0 Å². The predicted octanol–water partition coefficient (Wildman–Crippen LogP) is 2.67. The summed E-state index contributed by atoms with van der Waals surface area (Å²) < 4.78 is 28.3. The fraction of sp³-hybridized carbons (Fsp3) is 0.429. The summed E-state index contributed by atoms with van der Waals surface area (Å²) in [5, 5.41) is 9.08. The maximum Gasteiger partial charge on any atom is 0.131 e. The Morgan fingerprint density at radius 1 is 1.42 bits per heavy atom. The highest BCUT2D eigenvalue weighted by molar-refractivity contribution is 5.90. The van der Waals surface area contributed by atoms with Crippen LogP contribution < -0.4 is 5.73 Å². The van der Waals surface area contributed by atoms with Gasteiger partial charge in [-0.2, -0.15) is 5.26 Å². The van der Waals surface area contributed by atoms with E-state index in [1.165, 1.54) is 25.1 Å². The first-order valence-corrected chi connectivity index (χ1v) is 5.99. The number of amidine groups is 1. The third-order valence-corrected chi connectivity index (χ3v) is 3.78. The van der Waals surface area contributed by atoms with Gasteiger partial charge in [0, 0.05) is 12.0 Å². The standard InChI is InChI=1S/C14H15F2N3/c1-13(8-17)7-11(16)14(2,19-12(13)18)9-5-3-4-6-10(9)15/h3-6,11H,7H2,1-2H3,(H2,18,19)/t11?,13?,14-/m1/s1. The van der Waals surface area contributed by atoms with Crippen LogP contribution in [0.4, 0.5) is 8.78 Å². The third kappa shape index (κ3) is 1.97. The van der Waals surface area contributed by atoms with Gasteiger partial charge in [-0.25, -0.2) is 8.78 Å². The highest BCUT2D eigenvalue weighted by atomic mass is 19.1. The second kappa shape index (κ2) is 4.30. The van der Waals surface area contributed by atoms with Crippen molar-refractivity contribution >= 4 is 5.84 Å². The van der Waals surface area contributed by atoms with E-state index in [1.54, 1.807) is 13.0 Å². The summed E-state index contributed by atoms with van der Waals surface area (Å²) in [6.45, 7) is 3.04. The van der Waals surface area contributed by atoms with E-state index in [0.29, 0.717) is 0 Å². The van der Waals surface area contributed by atoms with Gasteiger partial charge in [0.1, 0.15) is 28.8 Å². The molecule has 0 radical (unpaired) electrons. The van der Waals surface area contributed by atoms with Gasteiger partial charge in [0.25, 0.3) is 0 Å². The zero-order chi connectivity index (χ0) is 14.3. The van der Waals surface area contributed by atoms with Crippen LogP contribution in [-0.2, 0) is 5.54 Å². The van der Waals surface area contributed by atoms with E-state index in [9.17, 15) is 8.78 Å². The highest BCUT2D eigenvalue weighted by Gasteiger charge is 2.48. The van der Waals surface area contributed by atoms with Gasteiger partial charge in [0.05, 0.1) is 6.07 Å². The van der Waals surface area contributed by atoms with Crippen LogP contribution in [0.5, 0.6) is 0 Å². The lowest BCUT2D eigenvalue weighted by Crippen LogP contribution is -2.48. The molecule has 1 aromatic rings. The molecule has 2 N–H and O–H groups in total. The second-order valence-electron chi connectivity index (χ2n) is 5.24. The fourth-order valence-corrected chi connectivity index (χ4v) is 2.31. The molecule has 100 valence electrons. The molecule has 0 bridgehead atoms. The molecule has 0 amide bonds. The highest BCUT2D eigenvalue weighted by Crippen LogP contribution is 2.43. The Kier molecular flexibility index (Phi) is 3.05. The molecule has 2 unspecified atom stereocenters. The summed E-state index contributed by atoms with van der Waals surface area (Å²) in [5.74, 6) is -0.473. The number of nitriles is 1. The lowest BCUT2D eigenvalue weighted by atomic mass is 9.73. The molecule has 3 atom stereocenters. The summed E-state index contributed by atoms with van der Waals surface area (Å²) >= 11 is 0. The first-order valence-electron chi connectivity index (χ1n) is 5.99. The zero-order valence-electron chi connectivity index (χ0n) is 10.8. The summed E-state index contributed by atoms with van der Waals surface area (Å²) in [6.07, 6.45) is -1.56. The normalized spacial score (nSPS) is 34.5. The quantitative estimate of drug-likeness (QED) is 0.846. The average molecular weight is 263 g/mol. The monoisotopic (exact) mass is 263 g/mol. The van der Waals surface area contributed by atoms with Crippen molar-refractivity contribution in [1.82, 2.24) is 0 Å². The van der Waals surface area contributed by atoms with Gasteiger partial charge < -0.3 is 5.73 Å². The molecular formula is C14H15F2N3. The Labute approximate surface area is 110 Å². The van der Waals surface area contributed by atoms with Gasteiger partial charge in [-0.15, -0.1) is 0 Å². The van der Waals surface area contributed by atoms with E-state index in [4.69, 9.17) is 11.0 Å². The minimum atomic E-state index is -1.47. The minimum Gasteiger partial charge on any atom is -0.386 e. The fourth-order valence-electron chi connectivity index (χ4n) is 2.31. The topological polar surface area (TPSA) is 62.2 Å². The molecule has 1 aliphatic rings. The molecule has 1 aromatic carbocycles. The first-order chi connectivity index (χ1) is 8.83. The van der Waals surface area contributed by atoms with Gasteiger partial charge >= 0.3 is 0 Å². The third-order valence-electron chi connectivity index (χ3n) is 3.78. The molecule has 5 heteroatoms. The van der Waals surface area contributed by atoms with E-state index < -0.39 is 22.9 Å². The number of benzene rings is 1. The van der Waals surface area contributed by atoms with Crippen molar-refractivity contribution in [3.05, 3.63) is 35.6 Å². The summed E-state index contributed by atoms with van der Waals surface area (Å²) in [6, 6.07) is 7.89. The number of alkyl halides is 1. The van der Waals surface area contributed by atoms with Gasteiger partial charge in [-0.05, 0) is 19.9 Å². The van der Waals surface area contributed by atoms with Crippen LogP contribution in [-0.4, -0.2) is 12.0 Å². The number of nitrogens with two attached hydrogens (primary N) is 1. The first kappa shape index (κ1) is 13.5. The molecule has 1 heterocycles. The number of hydrogen-bond acceptors (Lipinski definition) is 3. The number of halogens is 2. The van der Waals surface area contributed by atoms with E-state index in [0.717, 1.165) is 0 Å². The molecule has 0 aliphatic carbocycles. The van der Waals surface area contributed by atoms with Crippen molar-refractivity contribution in [3.63, 3.8) is 0 Å². The molecule has 0 saturated heterocycles. The van der Waals surface area contributed by atoms with Crippen LogP contribution in [0.2, 0.25) is 0 Å². The smallest absolute Gasteiger partial charge is 0.131 e. The maximum absolute atomic E-state index is 14.5. The summed E-state index contributed by atoms with van der Waals surface area (Å²) in [4.78, 5) is 4.11. The van der Waals surface area contributed by atoms with Gasteiger partial charge in [-0.1, -0.05) is 18.2 Å². The van der Waals surface area contributed by atoms with Gasteiger partial charge in [0.15, 0.2) is 0 Å². The molecule has 3 nitrogen and oxygen atoms in total. The predicted molar refractivity (Wildman–Crippen MR) is 68.6 cm³/mol. The van der Waals surface area contributed by atoms with Crippen molar-refractivity contribution in [1.29, 1.82) is 5.26 Å². The lowest BCUT2D eigenvalue weighted by molar-refractivity contribution is 0.151. The Balaban J connectivity index is 2.58. The van der Waals surface area contributed by atoms with Crippen LogP contribution in [0.25, 0.3) is 0 Å². The molecule has 19 heavy (non-hydrogen) atoms. The Bertz CT molecular complexity index is 578. The van der Waals surface area contributed by atoms with Gasteiger partial charge in [0.2, 0.25) is 0 Å². The number of hydrogen-bond donors (Lipinski definition) is 1. The van der Waals surface area contributed by atoms with Crippen molar-refractivity contribution in [2.24, 2.45) is 16.1 Å². The molecule has 0 spiro atoms. The summed E-state index contributed by atoms with van der Waals surface area (Å²) in [5.41, 5.74) is 3.43. The SMILES string of the molecule is CC1(C#N)CC(F)[C@@](C)(c2ccccc2F)N=C1N. The van der Waals surface area contributed by atoms with Crippen LogP contribution in [0.1, 0.15) is 25.8 Å². The van der Waals surface area contributed by atoms with E-state index in [1.807, 2.05) is 6.07 Å². The van der Waals surface area contributed by atoms with Crippen molar-refractivity contribution in [3.8, 4) is 6.07 Å². The van der Waals surface area contributed by atoms with E-state index in [-0.39, 0.29) is 17.8 Å². The van der Waals surface area contributed by atoms with Crippen molar-refractivity contribution < 1.29 is 8.78 Å². The molecule has 0 saturated carbocycles. The largest absolute Gasteiger partial charge is 0.386 e. The number of rotatable bonds is 1. The number of nitrogens with zero attached hydrogens (tertiary/aromatic N) is 2. The Hall–Kier alpha value is -1.96. The molecule has 1 aliphatic heterocycles. The van der Waals surface area contributed by atoms with Crippen LogP contribution in [0, 0.1) is 22.6 Å². The molecular weight excluding hydrogens is 248 g/mol. The van der Waals surface area contributed by atoms with Crippen LogP contribution in [0.3, 0.4) is 0 Å². The lowest BCUT2D eigenvalue weighted by Gasteiger charge is -2.39. The number of aliphatic imine (C=N–C) groups is 1. The van der Waals surface area contributed by atoms with Gasteiger partial charge in [-0.3, -0.25) is 4.99 Å². The minimum absolute atomic E-state index is 0.0506. The second-order valence-corrected chi connectivity index (χ2v) is 5.24. The average Bonchev–Trinajstić information content (AvgIpc) is 2.37. The van der Waals surface area contributed by atoms with E-state index in [2.05, 4.69) is 4.99 Å². The van der Waals surface area contributed by atoms with Crippen molar-refractivity contribution in [2.45, 2.75) is 32.0 Å². The summed E-state index contributed by atoms with van der Waals surface area (Å²) in [7, 11) is 0. The Morgan fingerprint density at radius 2 is 2.05 bits per heavy atom. The molecule has 0 aromatic heterocycles. The van der Waals surface area contributed by atoms with Crippen LogP contribution in [0.15, 0.2) is 29.3 Å². The maximum atomic E-state index is 14.5. The Morgan fingerprint density at radius 3 is 2.63 bits per heavy atom. The van der Waals surface area contributed by atoms with Crippen LogP contribution >= 0.6 is 0 Å². The molecule has 2 rings (SSSR count).